The second-order valence-corrected chi connectivity index (χ2v) is 5.84. The third kappa shape index (κ3) is 6.95. The van der Waals surface area contributed by atoms with E-state index in [0.717, 1.165) is 11.1 Å². The first-order valence-electron chi connectivity index (χ1n) is 7.57. The zero-order valence-electron chi connectivity index (χ0n) is 14.1. The van der Waals surface area contributed by atoms with Crippen molar-refractivity contribution >= 4 is 17.8 Å². The van der Waals surface area contributed by atoms with Crippen molar-refractivity contribution in [3.05, 3.63) is 34.9 Å². The minimum Gasteiger partial charge on any atom is -0.454 e. The summed E-state index contributed by atoms with van der Waals surface area (Å²) in [7, 11) is 0. The van der Waals surface area contributed by atoms with Crippen molar-refractivity contribution in [2.45, 2.75) is 27.7 Å². The van der Waals surface area contributed by atoms with Gasteiger partial charge in [-0.3, -0.25) is 14.4 Å². The Morgan fingerprint density at radius 2 is 1.78 bits per heavy atom. The van der Waals surface area contributed by atoms with Crippen LogP contribution in [0.1, 0.15) is 35.3 Å². The smallest absolute Gasteiger partial charge is 0.325 e. The van der Waals surface area contributed by atoms with Crippen LogP contribution in [0.15, 0.2) is 18.2 Å². The average Bonchev–Trinajstić information content (AvgIpc) is 2.51. The summed E-state index contributed by atoms with van der Waals surface area (Å²) >= 11 is 0. The molecule has 0 fully saturated rings. The van der Waals surface area contributed by atoms with Gasteiger partial charge in [0.25, 0.3) is 11.8 Å². The monoisotopic (exact) mass is 320 g/mol. The molecular formula is C17H24N2O4. The van der Waals surface area contributed by atoms with Crippen molar-refractivity contribution in [3.8, 4) is 0 Å². The van der Waals surface area contributed by atoms with Gasteiger partial charge in [0.05, 0.1) is 0 Å². The lowest BCUT2D eigenvalue weighted by atomic mass is 10.1. The van der Waals surface area contributed by atoms with Crippen molar-refractivity contribution in [2.75, 3.05) is 19.7 Å². The number of aryl methyl sites for hydroxylation is 2. The molecule has 0 heterocycles. The van der Waals surface area contributed by atoms with E-state index in [9.17, 15) is 14.4 Å². The molecule has 0 aromatic heterocycles. The van der Waals surface area contributed by atoms with E-state index in [0.29, 0.717) is 18.0 Å². The van der Waals surface area contributed by atoms with Crippen LogP contribution in [0.25, 0.3) is 0 Å². The molecule has 0 saturated heterocycles. The molecule has 1 rings (SSSR count). The molecule has 2 N–H and O–H groups in total. The van der Waals surface area contributed by atoms with E-state index in [1.54, 1.807) is 12.1 Å². The highest BCUT2D eigenvalue weighted by Gasteiger charge is 2.11. The van der Waals surface area contributed by atoms with E-state index in [2.05, 4.69) is 10.6 Å². The predicted octanol–water partition coefficient (Wildman–Crippen LogP) is 1.35. The number of hydrogen-bond acceptors (Lipinski definition) is 4. The maximum atomic E-state index is 11.9. The third-order valence-corrected chi connectivity index (χ3v) is 3.23. The summed E-state index contributed by atoms with van der Waals surface area (Å²) in [6, 6.07) is 5.30. The van der Waals surface area contributed by atoms with Crippen LogP contribution in [0.3, 0.4) is 0 Å². The summed E-state index contributed by atoms with van der Waals surface area (Å²) in [5, 5.41) is 5.11. The van der Waals surface area contributed by atoms with E-state index in [1.807, 2.05) is 33.8 Å². The summed E-state index contributed by atoms with van der Waals surface area (Å²) < 4.78 is 4.80. The summed E-state index contributed by atoms with van der Waals surface area (Å²) in [6.45, 7) is 7.71. The number of nitrogens with one attached hydrogen (secondary N) is 2. The molecule has 0 spiro atoms. The SMILES string of the molecule is Cc1ccc(C(=O)NCC(=O)OCC(=O)NCC(C)C)cc1C. The lowest BCUT2D eigenvalue weighted by Crippen LogP contribution is -2.35. The zero-order chi connectivity index (χ0) is 17.4. The van der Waals surface area contributed by atoms with Gasteiger partial charge in [-0.1, -0.05) is 19.9 Å². The lowest BCUT2D eigenvalue weighted by molar-refractivity contribution is -0.147. The van der Waals surface area contributed by atoms with E-state index >= 15 is 0 Å². The maximum Gasteiger partial charge on any atom is 0.325 e. The molecule has 0 radical (unpaired) electrons. The number of amides is 2. The van der Waals surface area contributed by atoms with Crippen LogP contribution in [0.2, 0.25) is 0 Å². The first-order valence-corrected chi connectivity index (χ1v) is 7.57. The van der Waals surface area contributed by atoms with Crippen molar-refractivity contribution in [1.29, 1.82) is 0 Å². The minimum atomic E-state index is -0.651. The van der Waals surface area contributed by atoms with E-state index < -0.39 is 5.97 Å². The van der Waals surface area contributed by atoms with Gasteiger partial charge in [0.1, 0.15) is 6.54 Å². The van der Waals surface area contributed by atoms with Crippen LogP contribution in [-0.4, -0.2) is 37.5 Å². The van der Waals surface area contributed by atoms with Crippen LogP contribution in [0.4, 0.5) is 0 Å². The third-order valence-electron chi connectivity index (χ3n) is 3.23. The minimum absolute atomic E-state index is 0.275. The standard InChI is InChI=1S/C17H24N2O4/c1-11(2)8-18-15(20)10-23-16(21)9-19-17(22)14-6-5-12(3)13(4)7-14/h5-7,11H,8-10H2,1-4H3,(H,18,20)(H,19,22). The molecule has 6 nitrogen and oxygen atoms in total. The summed E-state index contributed by atoms with van der Waals surface area (Å²) in [4.78, 5) is 34.9. The van der Waals surface area contributed by atoms with E-state index in [4.69, 9.17) is 4.74 Å². The van der Waals surface area contributed by atoms with Crippen molar-refractivity contribution in [2.24, 2.45) is 5.92 Å². The fraction of sp³-hybridized carbons (Fsp3) is 0.471. The normalized spacial score (nSPS) is 10.3. The van der Waals surface area contributed by atoms with Crippen LogP contribution in [0.5, 0.6) is 0 Å². The quantitative estimate of drug-likeness (QED) is 0.743. The average molecular weight is 320 g/mol. The molecule has 1 aromatic rings. The Kier molecular flexibility index (Phi) is 7.25. The molecule has 0 aliphatic heterocycles. The highest BCUT2D eigenvalue weighted by molar-refractivity contribution is 5.96. The first-order chi connectivity index (χ1) is 10.8. The van der Waals surface area contributed by atoms with Crippen LogP contribution >= 0.6 is 0 Å². The van der Waals surface area contributed by atoms with Gasteiger partial charge in [-0.2, -0.15) is 0 Å². The molecule has 0 aliphatic rings. The number of benzene rings is 1. The van der Waals surface area contributed by atoms with Gasteiger partial charge in [0, 0.05) is 12.1 Å². The summed E-state index contributed by atoms with van der Waals surface area (Å²) in [5.41, 5.74) is 2.57. The van der Waals surface area contributed by atoms with Crippen molar-refractivity contribution in [3.63, 3.8) is 0 Å². The molecule has 2 amide bonds. The Hall–Kier alpha value is -2.37. The predicted molar refractivity (Wildman–Crippen MR) is 87.1 cm³/mol. The Balaban J connectivity index is 2.33. The van der Waals surface area contributed by atoms with Crippen molar-refractivity contribution in [1.82, 2.24) is 10.6 Å². The largest absolute Gasteiger partial charge is 0.454 e. The number of ether oxygens (including phenoxy) is 1. The highest BCUT2D eigenvalue weighted by Crippen LogP contribution is 2.09. The maximum absolute atomic E-state index is 11.9. The Labute approximate surface area is 136 Å². The van der Waals surface area contributed by atoms with Gasteiger partial charge in [-0.05, 0) is 43.0 Å². The molecule has 0 atom stereocenters. The van der Waals surface area contributed by atoms with Crippen LogP contribution in [-0.2, 0) is 14.3 Å². The molecule has 0 saturated carbocycles. The summed E-state index contributed by atoms with van der Waals surface area (Å²) in [5.74, 6) is -1.03. The van der Waals surface area contributed by atoms with Crippen molar-refractivity contribution < 1.29 is 19.1 Å². The molecule has 126 valence electrons. The fourth-order valence-electron chi connectivity index (χ4n) is 1.70. The number of rotatable bonds is 7. The molecule has 1 aromatic carbocycles. The zero-order valence-corrected chi connectivity index (χ0v) is 14.1. The second-order valence-electron chi connectivity index (χ2n) is 5.84. The van der Waals surface area contributed by atoms with Crippen LogP contribution < -0.4 is 10.6 Å². The molecule has 6 heteroatoms. The first kappa shape index (κ1) is 18.7. The number of esters is 1. The molecule has 0 unspecified atom stereocenters. The van der Waals surface area contributed by atoms with Gasteiger partial charge < -0.3 is 15.4 Å². The number of carbonyl (C=O) groups is 3. The van der Waals surface area contributed by atoms with Gasteiger partial charge in [0.15, 0.2) is 6.61 Å². The molecule has 0 bridgehead atoms. The number of carbonyl (C=O) groups excluding carboxylic acids is 3. The van der Waals surface area contributed by atoms with Gasteiger partial charge in [-0.25, -0.2) is 0 Å². The molecule has 0 aliphatic carbocycles. The topological polar surface area (TPSA) is 84.5 Å². The summed E-state index contributed by atoms with van der Waals surface area (Å²) in [6.07, 6.45) is 0. The Morgan fingerprint density at radius 1 is 1.09 bits per heavy atom. The Bertz CT molecular complexity index is 582. The highest BCUT2D eigenvalue weighted by atomic mass is 16.5. The van der Waals surface area contributed by atoms with E-state index in [-0.39, 0.29) is 25.0 Å². The molecular weight excluding hydrogens is 296 g/mol. The van der Waals surface area contributed by atoms with E-state index in [1.165, 1.54) is 0 Å². The molecule has 23 heavy (non-hydrogen) atoms. The second kappa shape index (κ2) is 8.92. The van der Waals surface area contributed by atoms with Crippen LogP contribution in [0, 0.1) is 19.8 Å². The number of hydrogen-bond donors (Lipinski definition) is 2. The van der Waals surface area contributed by atoms with Gasteiger partial charge >= 0.3 is 5.97 Å². The van der Waals surface area contributed by atoms with Gasteiger partial charge in [0.2, 0.25) is 0 Å². The fourth-order valence-corrected chi connectivity index (χ4v) is 1.70. The Morgan fingerprint density at radius 3 is 2.39 bits per heavy atom. The lowest BCUT2D eigenvalue weighted by Gasteiger charge is -2.09. The van der Waals surface area contributed by atoms with Gasteiger partial charge in [-0.15, -0.1) is 0 Å².